The smallest absolute Gasteiger partial charge is 0.185 e. The third kappa shape index (κ3) is 3.32. The summed E-state index contributed by atoms with van der Waals surface area (Å²) < 4.78 is 7.21. The average molecular weight is 289 g/mol. The third-order valence-corrected chi connectivity index (χ3v) is 3.92. The number of hydrogen-bond acceptors (Lipinski definition) is 5. The van der Waals surface area contributed by atoms with Crippen molar-refractivity contribution in [2.75, 3.05) is 12.8 Å². The zero-order chi connectivity index (χ0) is 15.6. The predicted molar refractivity (Wildman–Crippen MR) is 82.8 cm³/mol. The molecule has 0 saturated carbocycles. The molecular formula is C15H23N5O. The number of hydrogen-bond donors (Lipinski definition) is 1. The highest BCUT2D eigenvalue weighted by molar-refractivity contribution is 5.67. The molecule has 0 saturated heterocycles. The molecule has 6 heteroatoms. The van der Waals surface area contributed by atoms with Crippen LogP contribution in [0.2, 0.25) is 0 Å². The highest BCUT2D eigenvalue weighted by atomic mass is 16.5. The van der Waals surface area contributed by atoms with Crippen LogP contribution in [0.25, 0.3) is 11.4 Å². The van der Waals surface area contributed by atoms with Crippen LogP contribution in [0.3, 0.4) is 0 Å². The van der Waals surface area contributed by atoms with Crippen LogP contribution in [0.5, 0.6) is 5.75 Å². The number of rotatable bonds is 4. The molecule has 114 valence electrons. The fourth-order valence-electron chi connectivity index (χ4n) is 1.95. The maximum Gasteiger partial charge on any atom is 0.185 e. The van der Waals surface area contributed by atoms with E-state index in [4.69, 9.17) is 10.5 Å². The number of aromatic nitrogens is 4. The maximum atomic E-state index is 5.79. The van der Waals surface area contributed by atoms with Crippen LogP contribution in [0.4, 0.5) is 5.69 Å². The lowest BCUT2D eigenvalue weighted by atomic mass is 9.82. The number of nitrogens with zero attached hydrogens (tertiary/aromatic N) is 4. The summed E-state index contributed by atoms with van der Waals surface area (Å²) >= 11 is 0. The minimum Gasteiger partial charge on any atom is -0.496 e. The highest BCUT2D eigenvalue weighted by Gasteiger charge is 2.23. The van der Waals surface area contributed by atoms with E-state index in [1.807, 2.05) is 16.8 Å². The van der Waals surface area contributed by atoms with Crippen molar-refractivity contribution in [1.82, 2.24) is 20.2 Å². The van der Waals surface area contributed by atoms with Gasteiger partial charge in [-0.2, -0.15) is 0 Å². The summed E-state index contributed by atoms with van der Waals surface area (Å²) in [5.74, 6) is 1.80. The van der Waals surface area contributed by atoms with Crippen LogP contribution in [0.1, 0.15) is 27.7 Å². The number of ether oxygens (including phenoxy) is 1. The molecule has 0 aliphatic heterocycles. The number of nitrogens with two attached hydrogens (primary N) is 1. The van der Waals surface area contributed by atoms with Crippen LogP contribution < -0.4 is 10.5 Å². The van der Waals surface area contributed by atoms with Gasteiger partial charge in [-0.3, -0.25) is 0 Å². The number of benzene rings is 1. The molecule has 1 aromatic heterocycles. The molecule has 1 heterocycles. The van der Waals surface area contributed by atoms with Gasteiger partial charge >= 0.3 is 0 Å². The molecule has 0 fully saturated rings. The van der Waals surface area contributed by atoms with Gasteiger partial charge in [0, 0.05) is 18.3 Å². The Labute approximate surface area is 125 Å². The van der Waals surface area contributed by atoms with E-state index in [0.29, 0.717) is 23.2 Å². The lowest BCUT2D eigenvalue weighted by Gasteiger charge is -2.27. The average Bonchev–Trinajstić information content (AvgIpc) is 2.85. The summed E-state index contributed by atoms with van der Waals surface area (Å²) in [4.78, 5) is 0. The van der Waals surface area contributed by atoms with Gasteiger partial charge in [-0.25, -0.2) is 4.68 Å². The number of nitrogen functional groups attached to an aromatic ring is 1. The molecular weight excluding hydrogens is 266 g/mol. The number of tetrazole rings is 1. The summed E-state index contributed by atoms with van der Waals surface area (Å²) in [6, 6.07) is 5.49. The van der Waals surface area contributed by atoms with Crippen LogP contribution in [-0.4, -0.2) is 27.3 Å². The van der Waals surface area contributed by atoms with Gasteiger partial charge in [-0.05, 0) is 33.9 Å². The fraction of sp³-hybridized carbons (Fsp3) is 0.533. The van der Waals surface area contributed by atoms with Crippen molar-refractivity contribution in [3.05, 3.63) is 18.2 Å². The third-order valence-electron chi connectivity index (χ3n) is 3.92. The fourth-order valence-corrected chi connectivity index (χ4v) is 1.95. The molecule has 1 aromatic carbocycles. The predicted octanol–water partition coefficient (Wildman–Crippen LogP) is 2.61. The first-order valence-electron chi connectivity index (χ1n) is 7.03. The Bertz CT molecular complexity index is 615. The maximum absolute atomic E-state index is 5.79. The van der Waals surface area contributed by atoms with Gasteiger partial charge in [0.2, 0.25) is 0 Å². The Balaban J connectivity index is 2.37. The van der Waals surface area contributed by atoms with Crippen LogP contribution in [-0.2, 0) is 6.54 Å². The quantitative estimate of drug-likeness (QED) is 0.875. The van der Waals surface area contributed by atoms with E-state index in [2.05, 4.69) is 43.2 Å². The lowest BCUT2D eigenvalue weighted by Crippen LogP contribution is -2.23. The second-order valence-corrected chi connectivity index (χ2v) is 6.41. The van der Waals surface area contributed by atoms with Gasteiger partial charge in [0.25, 0.3) is 0 Å². The summed E-state index contributed by atoms with van der Waals surface area (Å²) in [5, 5.41) is 12.1. The van der Waals surface area contributed by atoms with E-state index in [0.717, 1.165) is 12.1 Å². The molecule has 2 N–H and O–H groups in total. The summed E-state index contributed by atoms with van der Waals surface area (Å²) in [6.45, 7) is 9.59. The molecule has 2 aromatic rings. The summed E-state index contributed by atoms with van der Waals surface area (Å²) in [5.41, 5.74) is 7.48. The van der Waals surface area contributed by atoms with Crippen molar-refractivity contribution in [2.24, 2.45) is 11.3 Å². The minimum atomic E-state index is 0.189. The Morgan fingerprint density at radius 1 is 1.33 bits per heavy atom. The van der Waals surface area contributed by atoms with Gasteiger partial charge < -0.3 is 10.5 Å². The molecule has 0 amide bonds. The second kappa shape index (κ2) is 5.71. The normalized spacial score (nSPS) is 13.2. The Morgan fingerprint density at radius 3 is 2.67 bits per heavy atom. The van der Waals surface area contributed by atoms with Gasteiger partial charge in [0.15, 0.2) is 5.82 Å². The van der Waals surface area contributed by atoms with Crippen molar-refractivity contribution in [2.45, 2.75) is 34.2 Å². The van der Waals surface area contributed by atoms with E-state index >= 15 is 0 Å². The van der Waals surface area contributed by atoms with E-state index in [1.165, 1.54) is 0 Å². The monoisotopic (exact) mass is 289 g/mol. The Kier molecular flexibility index (Phi) is 4.16. The largest absolute Gasteiger partial charge is 0.496 e. The van der Waals surface area contributed by atoms with E-state index in [-0.39, 0.29) is 5.41 Å². The minimum absolute atomic E-state index is 0.189. The molecule has 21 heavy (non-hydrogen) atoms. The summed E-state index contributed by atoms with van der Waals surface area (Å²) in [6.07, 6.45) is 0. The molecule has 1 unspecified atom stereocenters. The van der Waals surface area contributed by atoms with E-state index < -0.39 is 0 Å². The van der Waals surface area contributed by atoms with Crippen molar-refractivity contribution >= 4 is 5.69 Å². The van der Waals surface area contributed by atoms with Gasteiger partial charge in [-0.15, -0.1) is 5.10 Å². The van der Waals surface area contributed by atoms with E-state index in [1.54, 1.807) is 13.2 Å². The van der Waals surface area contributed by atoms with Crippen molar-refractivity contribution in [3.8, 4) is 17.1 Å². The van der Waals surface area contributed by atoms with Crippen LogP contribution in [0.15, 0.2) is 18.2 Å². The number of anilines is 1. The van der Waals surface area contributed by atoms with Gasteiger partial charge in [0.05, 0.1) is 12.7 Å². The van der Waals surface area contributed by atoms with E-state index in [9.17, 15) is 0 Å². The first-order valence-corrected chi connectivity index (χ1v) is 7.03. The van der Waals surface area contributed by atoms with Crippen LogP contribution >= 0.6 is 0 Å². The standard InChI is InChI=1S/C15H23N5O/c1-10(15(2,3)4)9-20-14(17-18-19-20)12-7-6-11(16)8-13(12)21-5/h6-8,10H,9,16H2,1-5H3. The van der Waals surface area contributed by atoms with Gasteiger partial charge in [0.1, 0.15) is 5.75 Å². The first kappa shape index (κ1) is 15.3. The second-order valence-electron chi connectivity index (χ2n) is 6.41. The first-order chi connectivity index (χ1) is 9.82. The zero-order valence-electron chi connectivity index (χ0n) is 13.3. The molecule has 0 spiro atoms. The number of methoxy groups -OCH3 is 1. The molecule has 0 aliphatic rings. The topological polar surface area (TPSA) is 78.8 Å². The molecule has 0 bridgehead atoms. The van der Waals surface area contributed by atoms with Crippen molar-refractivity contribution in [3.63, 3.8) is 0 Å². The molecule has 6 nitrogen and oxygen atoms in total. The van der Waals surface area contributed by atoms with Crippen molar-refractivity contribution in [1.29, 1.82) is 0 Å². The molecule has 2 rings (SSSR count). The highest BCUT2D eigenvalue weighted by Crippen LogP contribution is 2.32. The van der Waals surface area contributed by atoms with Gasteiger partial charge in [-0.1, -0.05) is 27.7 Å². The molecule has 0 aliphatic carbocycles. The van der Waals surface area contributed by atoms with Crippen LogP contribution in [0, 0.1) is 11.3 Å². The molecule has 0 radical (unpaired) electrons. The summed E-state index contributed by atoms with van der Waals surface area (Å²) in [7, 11) is 1.62. The molecule has 1 atom stereocenters. The lowest BCUT2D eigenvalue weighted by molar-refractivity contribution is 0.225. The SMILES string of the molecule is COc1cc(N)ccc1-c1nnnn1CC(C)C(C)(C)C. The van der Waals surface area contributed by atoms with Crippen molar-refractivity contribution < 1.29 is 4.74 Å². The Hall–Kier alpha value is -2.11. The Morgan fingerprint density at radius 2 is 2.05 bits per heavy atom. The zero-order valence-corrected chi connectivity index (χ0v) is 13.3.